The molecule has 0 aliphatic heterocycles. The van der Waals surface area contributed by atoms with Gasteiger partial charge in [0, 0.05) is 5.02 Å². The van der Waals surface area contributed by atoms with E-state index in [0.717, 1.165) is 29.8 Å². The first-order valence-electron chi connectivity index (χ1n) is 12.8. The van der Waals surface area contributed by atoms with E-state index in [0.29, 0.717) is 0 Å². The maximum atomic E-state index is 12.1. The van der Waals surface area contributed by atoms with Crippen molar-refractivity contribution in [2.75, 3.05) is 32.9 Å². The molecule has 35 heavy (non-hydrogen) atoms. The van der Waals surface area contributed by atoms with Crippen LogP contribution in [0, 0.1) is 6.92 Å². The van der Waals surface area contributed by atoms with Crippen LogP contribution < -0.4 is 0 Å². The molecule has 0 unspecified atom stereocenters. The Morgan fingerprint density at radius 1 is 0.800 bits per heavy atom. The van der Waals surface area contributed by atoms with Crippen molar-refractivity contribution in [1.29, 1.82) is 0 Å². The van der Waals surface area contributed by atoms with Gasteiger partial charge >= 0.3 is 0 Å². The molecular weight excluding hydrogens is 484 g/mol. The quantitative estimate of drug-likeness (QED) is 0.138. The first kappa shape index (κ1) is 31.6. The molecule has 0 amide bonds. The normalized spacial score (nSPS) is 11.7. The number of unbranched alkanes of at least 4 members (excludes halogenated alkanes) is 5. The van der Waals surface area contributed by atoms with Gasteiger partial charge in [0.1, 0.15) is 10.1 Å². The van der Waals surface area contributed by atoms with Crippen LogP contribution in [0.25, 0.3) is 0 Å². The summed E-state index contributed by atoms with van der Waals surface area (Å²) in [7, 11) is -4.27. The molecule has 2 aromatic carbocycles. The highest BCUT2D eigenvalue weighted by Gasteiger charge is 2.21. The lowest BCUT2D eigenvalue weighted by molar-refractivity contribution is -0.925. The summed E-state index contributed by atoms with van der Waals surface area (Å²) in [5.74, 6) is 0. The molecule has 4 nitrogen and oxygen atoms in total. The van der Waals surface area contributed by atoms with Gasteiger partial charge in [-0.2, -0.15) is 0 Å². The minimum absolute atomic E-state index is 0.155. The molecule has 0 fully saturated rings. The highest BCUT2D eigenvalue weighted by atomic mass is 35.5. The molecule has 198 valence electrons. The molecule has 7 heteroatoms. The van der Waals surface area contributed by atoms with Crippen molar-refractivity contribution in [2.45, 2.75) is 77.0 Å². The molecule has 0 saturated carbocycles. The summed E-state index contributed by atoms with van der Waals surface area (Å²) in [6.45, 7) is 11.3. The first-order valence-corrected chi connectivity index (χ1v) is 14.6. The standard InChI is InChI=1S/C21H36ClFN.C7H8O3S/c1-3-24(4-2,18-10-7-5-6-9-17-23)19-11-8-12-20-13-15-21(22)16-14-20;1-6-2-4-7(5-3-6)11(8,9)10/h13-16H,3-12,17-19H2,1-2H3;2-5H,1H3,(H,8,9,10)/q+1;/p-1/i23-1;. The predicted molar refractivity (Wildman–Crippen MR) is 144 cm³/mol. The van der Waals surface area contributed by atoms with Gasteiger partial charge in [-0.1, -0.05) is 54.3 Å². The summed E-state index contributed by atoms with van der Waals surface area (Å²) >= 11 is 5.94. The van der Waals surface area contributed by atoms with E-state index in [2.05, 4.69) is 26.0 Å². The molecule has 0 aliphatic rings. The summed E-state index contributed by atoms with van der Waals surface area (Å²) < 4.78 is 44.5. The number of nitrogens with zero attached hydrogens (tertiary/aromatic N) is 1. The second-order valence-corrected chi connectivity index (χ2v) is 11.0. The van der Waals surface area contributed by atoms with Crippen molar-refractivity contribution in [3.05, 3.63) is 64.7 Å². The van der Waals surface area contributed by atoms with Gasteiger partial charge in [-0.3, -0.25) is 4.39 Å². The zero-order valence-electron chi connectivity index (χ0n) is 21.6. The van der Waals surface area contributed by atoms with Crippen LogP contribution in [0.1, 0.15) is 69.9 Å². The van der Waals surface area contributed by atoms with Crippen molar-refractivity contribution in [3.8, 4) is 0 Å². The minimum atomic E-state index is -4.27. The fourth-order valence-corrected chi connectivity index (χ4v) is 4.77. The Morgan fingerprint density at radius 2 is 1.31 bits per heavy atom. The molecule has 2 rings (SSSR count). The molecule has 0 spiro atoms. The van der Waals surface area contributed by atoms with E-state index in [1.165, 1.54) is 80.5 Å². The maximum Gasteiger partial charge on any atom is 0.124 e. The second-order valence-electron chi connectivity index (χ2n) is 9.23. The lowest BCUT2D eigenvalue weighted by Gasteiger charge is -2.37. The van der Waals surface area contributed by atoms with E-state index in [1.54, 1.807) is 12.1 Å². The molecule has 2 aromatic rings. The first-order chi connectivity index (χ1) is 16.7. The molecule has 0 radical (unpaired) electrons. The zero-order valence-corrected chi connectivity index (χ0v) is 23.2. The number of hydrogen-bond acceptors (Lipinski definition) is 3. The van der Waals surface area contributed by atoms with Crippen LogP contribution in [0.15, 0.2) is 53.4 Å². The summed E-state index contributed by atoms with van der Waals surface area (Å²) in [4.78, 5) is -0.178. The van der Waals surface area contributed by atoms with E-state index >= 15 is 0 Å². The number of hydrogen-bond donors (Lipinski definition) is 0. The summed E-state index contributed by atoms with van der Waals surface area (Å²) in [5.41, 5.74) is 2.32. The highest BCUT2D eigenvalue weighted by Crippen LogP contribution is 2.16. The van der Waals surface area contributed by atoms with Crippen LogP contribution in [0.2, 0.25) is 5.02 Å². The molecule has 0 saturated heterocycles. The SMILES string of the molecule is CC[N+](CC)(CCCCCCC[18F])CCCCc1ccc(Cl)cc1.Cc1ccc(S(=O)(=O)[O-])cc1. The number of halogens is 2. The Hall–Kier alpha value is -1.47. The van der Waals surface area contributed by atoms with E-state index in [-0.39, 0.29) is 11.6 Å². The lowest BCUT2D eigenvalue weighted by atomic mass is 10.1. The van der Waals surface area contributed by atoms with Crippen molar-refractivity contribution >= 4 is 21.7 Å². The van der Waals surface area contributed by atoms with Gasteiger partial charge in [-0.15, -0.1) is 0 Å². The molecule has 0 heterocycles. The second kappa shape index (κ2) is 17.1. The van der Waals surface area contributed by atoms with Crippen LogP contribution in [-0.2, 0) is 16.5 Å². The van der Waals surface area contributed by atoms with Gasteiger partial charge in [0.05, 0.1) is 37.7 Å². The van der Waals surface area contributed by atoms with Crippen molar-refractivity contribution in [1.82, 2.24) is 0 Å². The average molecular weight is 527 g/mol. The number of aryl methyl sites for hydroxylation is 2. The Morgan fingerprint density at radius 3 is 1.83 bits per heavy atom. The summed E-state index contributed by atoms with van der Waals surface area (Å²) in [6.07, 6.45) is 9.20. The van der Waals surface area contributed by atoms with Crippen molar-refractivity contribution < 1.29 is 21.8 Å². The third-order valence-corrected chi connectivity index (χ3v) is 7.78. The molecule has 0 bridgehead atoms. The van der Waals surface area contributed by atoms with Gasteiger partial charge in [0.15, 0.2) is 0 Å². The van der Waals surface area contributed by atoms with Crippen molar-refractivity contribution in [3.63, 3.8) is 0 Å². The van der Waals surface area contributed by atoms with Gasteiger partial charge in [-0.25, -0.2) is 8.42 Å². The van der Waals surface area contributed by atoms with E-state index in [4.69, 9.17) is 11.6 Å². The lowest BCUT2D eigenvalue weighted by Crippen LogP contribution is -2.49. The fourth-order valence-electron chi connectivity index (χ4n) is 4.17. The van der Waals surface area contributed by atoms with Crippen molar-refractivity contribution in [2.24, 2.45) is 0 Å². The third kappa shape index (κ3) is 13.4. The summed E-state index contributed by atoms with van der Waals surface area (Å²) in [6, 6.07) is 14.0. The predicted octanol–water partition coefficient (Wildman–Crippen LogP) is 7.34. The highest BCUT2D eigenvalue weighted by molar-refractivity contribution is 7.85. The number of quaternary nitrogens is 1. The van der Waals surface area contributed by atoms with Crippen LogP contribution in [-0.4, -0.2) is 50.3 Å². The Balaban J connectivity index is 0.000000462. The monoisotopic (exact) mass is 526 g/mol. The van der Waals surface area contributed by atoms with Crippen LogP contribution in [0.3, 0.4) is 0 Å². The number of benzene rings is 2. The van der Waals surface area contributed by atoms with E-state index in [9.17, 15) is 17.4 Å². The van der Waals surface area contributed by atoms with Gasteiger partial charge < -0.3 is 9.04 Å². The van der Waals surface area contributed by atoms with Gasteiger partial charge in [0.25, 0.3) is 0 Å². The molecule has 0 aliphatic carbocycles. The fraction of sp³-hybridized carbons (Fsp3) is 0.571. The molecular formula is C28H43ClFNO3S. The van der Waals surface area contributed by atoms with E-state index < -0.39 is 10.1 Å². The Labute approximate surface area is 217 Å². The molecule has 0 N–H and O–H groups in total. The van der Waals surface area contributed by atoms with Crippen LogP contribution in [0.4, 0.5) is 4.39 Å². The van der Waals surface area contributed by atoms with E-state index in [1.807, 2.05) is 19.1 Å². The largest absolute Gasteiger partial charge is 0.744 e. The molecule has 0 atom stereocenters. The Bertz CT molecular complexity index is 914. The molecule has 0 aromatic heterocycles. The number of rotatable bonds is 15. The average Bonchev–Trinajstić information content (AvgIpc) is 2.84. The smallest absolute Gasteiger partial charge is 0.124 e. The third-order valence-electron chi connectivity index (χ3n) is 6.68. The summed E-state index contributed by atoms with van der Waals surface area (Å²) in [5, 5.41) is 0.818. The van der Waals surface area contributed by atoms with Gasteiger partial charge in [0.2, 0.25) is 0 Å². The topological polar surface area (TPSA) is 57.2 Å². The minimum Gasteiger partial charge on any atom is -0.744 e. The zero-order chi connectivity index (χ0) is 26.2. The maximum absolute atomic E-state index is 12.1. The van der Waals surface area contributed by atoms with Gasteiger partial charge in [-0.05, 0) is 89.1 Å². The van der Waals surface area contributed by atoms with Crippen LogP contribution in [0.5, 0.6) is 0 Å². The Kier molecular flexibility index (Phi) is 15.4. The number of alkyl halides is 1. The van der Waals surface area contributed by atoms with Crippen LogP contribution >= 0.6 is 11.6 Å².